The van der Waals surface area contributed by atoms with E-state index in [1.165, 1.54) is 6.07 Å². The Labute approximate surface area is 123 Å². The van der Waals surface area contributed by atoms with E-state index in [4.69, 9.17) is 4.74 Å². The first-order chi connectivity index (χ1) is 9.10. The molecular weight excluding hydrogens is 359 g/mol. The second-order valence-electron chi connectivity index (χ2n) is 3.78. The fourth-order valence-corrected chi connectivity index (χ4v) is 2.29. The molecule has 1 N–H and O–H groups in total. The van der Waals surface area contributed by atoms with Crippen LogP contribution in [0, 0.1) is 13.7 Å². The van der Waals surface area contributed by atoms with E-state index in [-0.39, 0.29) is 10.6 Å². The average Bonchev–Trinajstić information content (AvgIpc) is 2.39. The Kier molecular flexibility index (Phi) is 4.20. The molecule has 0 aromatic heterocycles. The highest BCUT2D eigenvalue weighted by atomic mass is 127. The zero-order chi connectivity index (χ0) is 13.8. The van der Waals surface area contributed by atoms with E-state index in [0.717, 1.165) is 17.1 Å². The molecule has 2 rings (SSSR count). The summed E-state index contributed by atoms with van der Waals surface area (Å²) in [4.78, 5) is 10.3. The summed E-state index contributed by atoms with van der Waals surface area (Å²) >= 11 is 1.95. The molecule has 0 radical (unpaired) electrons. The summed E-state index contributed by atoms with van der Waals surface area (Å²) in [5.41, 5.74) is 1.81. The molecule has 98 valence electrons. The van der Waals surface area contributed by atoms with E-state index in [1.807, 2.05) is 46.9 Å². The van der Waals surface area contributed by atoms with Crippen LogP contribution in [0.25, 0.3) is 0 Å². The summed E-state index contributed by atoms with van der Waals surface area (Å²) in [5.74, 6) is 0.781. The van der Waals surface area contributed by atoms with Gasteiger partial charge in [0.1, 0.15) is 5.75 Å². The highest BCUT2D eigenvalue weighted by molar-refractivity contribution is 14.1. The van der Waals surface area contributed by atoms with Crippen LogP contribution in [0.2, 0.25) is 0 Å². The van der Waals surface area contributed by atoms with Crippen LogP contribution < -0.4 is 10.1 Å². The van der Waals surface area contributed by atoms with Crippen LogP contribution in [0.1, 0.15) is 0 Å². The molecule has 2 aromatic carbocycles. The number of ether oxygens (including phenoxy) is 1. The third-order valence-electron chi connectivity index (χ3n) is 2.52. The van der Waals surface area contributed by atoms with Gasteiger partial charge in [-0.2, -0.15) is 0 Å². The lowest BCUT2D eigenvalue weighted by atomic mass is 10.2. The maximum absolute atomic E-state index is 10.7. The summed E-state index contributed by atoms with van der Waals surface area (Å²) in [5, 5.41) is 13.9. The van der Waals surface area contributed by atoms with Crippen molar-refractivity contribution in [2.24, 2.45) is 0 Å². The predicted molar refractivity (Wildman–Crippen MR) is 82.1 cm³/mol. The minimum Gasteiger partial charge on any atom is -0.497 e. The van der Waals surface area contributed by atoms with Crippen molar-refractivity contribution in [3.05, 3.63) is 56.1 Å². The summed E-state index contributed by atoms with van der Waals surface area (Å²) in [6.07, 6.45) is 0. The molecule has 0 spiro atoms. The summed E-state index contributed by atoms with van der Waals surface area (Å²) in [6.45, 7) is 0. The standard InChI is InChI=1S/C13H11IN2O3/c1-19-11-5-2-9(3-6-11)15-10-4-7-13(16(17)18)12(14)8-10/h2-8,15H,1H3. The van der Waals surface area contributed by atoms with Gasteiger partial charge in [0.15, 0.2) is 0 Å². The van der Waals surface area contributed by atoms with Crippen LogP contribution in [-0.2, 0) is 0 Å². The first-order valence-corrected chi connectivity index (χ1v) is 6.53. The summed E-state index contributed by atoms with van der Waals surface area (Å²) in [6, 6.07) is 12.4. The van der Waals surface area contributed by atoms with E-state index in [1.54, 1.807) is 19.2 Å². The van der Waals surface area contributed by atoms with E-state index in [2.05, 4.69) is 5.32 Å². The Morgan fingerprint density at radius 3 is 2.32 bits per heavy atom. The molecule has 0 heterocycles. The third kappa shape index (κ3) is 3.34. The van der Waals surface area contributed by atoms with Gasteiger partial charge in [-0.15, -0.1) is 0 Å². The van der Waals surface area contributed by atoms with Crippen LogP contribution in [-0.4, -0.2) is 12.0 Å². The van der Waals surface area contributed by atoms with Gasteiger partial charge < -0.3 is 10.1 Å². The number of nitrogens with zero attached hydrogens (tertiary/aromatic N) is 1. The number of methoxy groups -OCH3 is 1. The van der Waals surface area contributed by atoms with Gasteiger partial charge in [-0.1, -0.05) is 0 Å². The van der Waals surface area contributed by atoms with Crippen molar-refractivity contribution >= 4 is 39.7 Å². The molecule has 0 fully saturated rings. The highest BCUT2D eigenvalue weighted by Gasteiger charge is 2.11. The number of benzene rings is 2. The molecule has 0 unspecified atom stereocenters. The minimum atomic E-state index is -0.390. The van der Waals surface area contributed by atoms with Gasteiger partial charge in [0.2, 0.25) is 0 Å². The zero-order valence-corrected chi connectivity index (χ0v) is 12.2. The molecule has 0 saturated heterocycles. The summed E-state index contributed by atoms with van der Waals surface area (Å²) < 4.78 is 5.67. The normalized spacial score (nSPS) is 10.0. The fourth-order valence-electron chi connectivity index (χ4n) is 1.57. The van der Waals surface area contributed by atoms with Crippen molar-refractivity contribution in [3.63, 3.8) is 0 Å². The molecule has 0 aliphatic rings. The van der Waals surface area contributed by atoms with Gasteiger partial charge in [0.25, 0.3) is 5.69 Å². The van der Waals surface area contributed by atoms with E-state index < -0.39 is 0 Å². The number of anilines is 2. The van der Waals surface area contributed by atoms with Crippen LogP contribution in [0.5, 0.6) is 5.75 Å². The molecular formula is C13H11IN2O3. The van der Waals surface area contributed by atoms with Crippen molar-refractivity contribution in [1.29, 1.82) is 0 Å². The van der Waals surface area contributed by atoms with Gasteiger partial charge in [-0.3, -0.25) is 10.1 Å². The van der Waals surface area contributed by atoms with Crippen LogP contribution in [0.4, 0.5) is 17.1 Å². The molecule has 6 heteroatoms. The molecule has 0 bridgehead atoms. The van der Waals surface area contributed by atoms with Crippen molar-refractivity contribution in [2.45, 2.75) is 0 Å². The van der Waals surface area contributed by atoms with Gasteiger partial charge >= 0.3 is 0 Å². The molecule has 2 aromatic rings. The van der Waals surface area contributed by atoms with Crippen LogP contribution >= 0.6 is 22.6 Å². The smallest absolute Gasteiger partial charge is 0.282 e. The number of hydrogen-bond acceptors (Lipinski definition) is 4. The maximum atomic E-state index is 10.7. The summed E-state index contributed by atoms with van der Waals surface area (Å²) in [7, 11) is 1.61. The van der Waals surface area contributed by atoms with Gasteiger partial charge in [0.05, 0.1) is 15.6 Å². The largest absolute Gasteiger partial charge is 0.497 e. The van der Waals surface area contributed by atoms with Gasteiger partial charge in [0, 0.05) is 17.4 Å². The first kappa shape index (κ1) is 13.6. The molecule has 19 heavy (non-hydrogen) atoms. The Morgan fingerprint density at radius 2 is 1.79 bits per heavy atom. The van der Waals surface area contributed by atoms with Gasteiger partial charge in [-0.05, 0) is 59.0 Å². The fraction of sp³-hybridized carbons (Fsp3) is 0.0769. The molecule has 0 saturated carbocycles. The minimum absolute atomic E-state index is 0.112. The van der Waals surface area contributed by atoms with Gasteiger partial charge in [-0.25, -0.2) is 0 Å². The van der Waals surface area contributed by atoms with Crippen molar-refractivity contribution in [1.82, 2.24) is 0 Å². The molecule has 0 amide bonds. The number of halogens is 1. The van der Waals surface area contributed by atoms with E-state index in [0.29, 0.717) is 3.57 Å². The lowest BCUT2D eigenvalue weighted by Crippen LogP contribution is -1.95. The van der Waals surface area contributed by atoms with Crippen molar-refractivity contribution < 1.29 is 9.66 Å². The topological polar surface area (TPSA) is 64.4 Å². The van der Waals surface area contributed by atoms with Crippen molar-refractivity contribution in [2.75, 3.05) is 12.4 Å². The lowest BCUT2D eigenvalue weighted by molar-refractivity contribution is -0.385. The zero-order valence-electron chi connectivity index (χ0n) is 10.1. The number of nitrogens with one attached hydrogen (secondary N) is 1. The highest BCUT2D eigenvalue weighted by Crippen LogP contribution is 2.26. The maximum Gasteiger partial charge on any atom is 0.282 e. The van der Waals surface area contributed by atoms with Crippen LogP contribution in [0.15, 0.2) is 42.5 Å². The second-order valence-corrected chi connectivity index (χ2v) is 4.94. The number of nitro benzene ring substituents is 1. The Balaban J connectivity index is 2.18. The number of nitro groups is 1. The lowest BCUT2D eigenvalue weighted by Gasteiger charge is -2.08. The molecule has 5 nitrogen and oxygen atoms in total. The first-order valence-electron chi connectivity index (χ1n) is 5.45. The molecule has 0 aliphatic carbocycles. The van der Waals surface area contributed by atoms with E-state index in [9.17, 15) is 10.1 Å². The Morgan fingerprint density at radius 1 is 1.16 bits per heavy atom. The monoisotopic (exact) mass is 370 g/mol. The quantitative estimate of drug-likeness (QED) is 0.503. The molecule has 0 atom stereocenters. The molecule has 0 aliphatic heterocycles. The average molecular weight is 370 g/mol. The number of rotatable bonds is 4. The second kappa shape index (κ2) is 5.87. The third-order valence-corrected chi connectivity index (χ3v) is 3.39. The SMILES string of the molecule is COc1ccc(Nc2ccc([N+](=O)[O-])c(I)c2)cc1. The van der Waals surface area contributed by atoms with E-state index >= 15 is 0 Å². The Hall–Kier alpha value is -1.83. The predicted octanol–water partition coefficient (Wildman–Crippen LogP) is 3.95. The number of hydrogen-bond donors (Lipinski definition) is 1. The van der Waals surface area contributed by atoms with Crippen molar-refractivity contribution in [3.8, 4) is 5.75 Å². The Bertz CT molecular complexity index is 599. The van der Waals surface area contributed by atoms with Crippen LogP contribution in [0.3, 0.4) is 0 Å².